The van der Waals surface area contributed by atoms with E-state index in [1.807, 2.05) is 0 Å². The molecule has 2 rings (SSSR count). The summed E-state index contributed by atoms with van der Waals surface area (Å²) >= 11 is 21.4. The number of unbranched alkanes of at least 4 members (excludes halogenated alkanes) is 4. The third kappa shape index (κ3) is 5.71. The van der Waals surface area contributed by atoms with Gasteiger partial charge < -0.3 is 0 Å². The van der Waals surface area contributed by atoms with Crippen molar-refractivity contribution in [1.29, 1.82) is 0 Å². The van der Waals surface area contributed by atoms with Gasteiger partial charge in [-0.05, 0) is 79.2 Å². The molecule has 2 aliphatic carbocycles. The van der Waals surface area contributed by atoms with E-state index in [1.165, 1.54) is 69.8 Å². The average molecular weight is 481 g/mol. The van der Waals surface area contributed by atoms with Crippen LogP contribution in [0.3, 0.4) is 0 Å². The molecule has 2 aliphatic rings. The summed E-state index contributed by atoms with van der Waals surface area (Å²) < 4.78 is 0. The van der Waals surface area contributed by atoms with E-state index in [0.717, 1.165) is 28.1 Å². The summed E-state index contributed by atoms with van der Waals surface area (Å²) in [5.74, 6) is 0. The maximum absolute atomic E-state index is 5.92. The van der Waals surface area contributed by atoms with Gasteiger partial charge in [-0.1, -0.05) is 77.8 Å². The molecule has 0 amide bonds. The van der Waals surface area contributed by atoms with Crippen LogP contribution in [-0.4, -0.2) is 20.2 Å². The molecule has 0 aromatic rings. The molecule has 1 saturated carbocycles. The van der Waals surface area contributed by atoms with Gasteiger partial charge in [-0.2, -0.15) is 25.3 Å². The predicted octanol–water partition coefficient (Wildman–Crippen LogP) is 9.00. The summed E-state index contributed by atoms with van der Waals surface area (Å²) in [5, 5.41) is -0.0889. The van der Waals surface area contributed by atoms with Crippen molar-refractivity contribution < 1.29 is 0 Å². The number of hydrogen-bond donors (Lipinski definition) is 2. The van der Waals surface area contributed by atoms with E-state index >= 15 is 0 Å². The van der Waals surface area contributed by atoms with E-state index in [9.17, 15) is 0 Å². The lowest BCUT2D eigenvalue weighted by Crippen LogP contribution is -2.15. The summed E-state index contributed by atoms with van der Waals surface area (Å²) in [6.07, 6.45) is 14.5. The first-order valence-electron chi connectivity index (χ1n) is 12.1. The number of thiocarbonyl (C=S) groups is 2. The minimum Gasteiger partial charge on any atom is -0.169 e. The van der Waals surface area contributed by atoms with Gasteiger partial charge in [0.25, 0.3) is 0 Å². The Bertz CT molecular complexity index is 678. The molecular formula is C26H40S4. The third-order valence-corrected chi connectivity index (χ3v) is 9.01. The van der Waals surface area contributed by atoms with Gasteiger partial charge in [-0.15, -0.1) is 0 Å². The molecular weight excluding hydrogens is 441 g/mol. The topological polar surface area (TPSA) is 0 Å². The summed E-state index contributed by atoms with van der Waals surface area (Å²) in [6.45, 7) is 9.17. The van der Waals surface area contributed by atoms with Gasteiger partial charge in [-0.3, -0.25) is 0 Å². The highest BCUT2D eigenvalue weighted by atomic mass is 32.1. The minimum absolute atomic E-state index is 0.0445. The molecule has 0 spiro atoms. The molecule has 0 aliphatic heterocycles. The largest absolute Gasteiger partial charge is 0.169 e. The maximum Gasteiger partial charge on any atom is 0.0541 e. The second kappa shape index (κ2) is 13.0. The molecule has 30 heavy (non-hydrogen) atoms. The number of allylic oxidation sites excluding steroid dienone is 6. The Kier molecular flexibility index (Phi) is 11.4. The summed E-state index contributed by atoms with van der Waals surface area (Å²) in [4.78, 5) is 1.85. The first-order valence-corrected chi connectivity index (χ1v) is 13.9. The Morgan fingerprint density at radius 2 is 0.833 bits per heavy atom. The zero-order valence-corrected chi connectivity index (χ0v) is 22.8. The van der Waals surface area contributed by atoms with Crippen LogP contribution in [0.5, 0.6) is 0 Å². The SMILES string of the molecule is CCCCC1=C(CCCC)C(=C2C(=S)C(S)C(S)C2=S)C(CCCC)=C1CCCC. The Morgan fingerprint density at radius 3 is 1.13 bits per heavy atom. The van der Waals surface area contributed by atoms with Gasteiger partial charge in [0.2, 0.25) is 0 Å². The van der Waals surface area contributed by atoms with Crippen molar-refractivity contribution in [1.82, 2.24) is 0 Å². The fraction of sp³-hybridized carbons (Fsp3) is 0.692. The summed E-state index contributed by atoms with van der Waals surface area (Å²) in [5.41, 5.74) is 8.96. The highest BCUT2D eigenvalue weighted by molar-refractivity contribution is 7.92. The predicted molar refractivity (Wildman–Crippen MR) is 150 cm³/mol. The lowest BCUT2D eigenvalue weighted by atomic mass is 9.89. The van der Waals surface area contributed by atoms with Crippen molar-refractivity contribution in [2.45, 2.75) is 115 Å². The van der Waals surface area contributed by atoms with E-state index in [1.54, 1.807) is 22.3 Å². The van der Waals surface area contributed by atoms with E-state index in [4.69, 9.17) is 49.7 Å². The zero-order chi connectivity index (χ0) is 22.3. The van der Waals surface area contributed by atoms with E-state index < -0.39 is 0 Å². The first kappa shape index (κ1) is 26.4. The van der Waals surface area contributed by atoms with Crippen LogP contribution in [0.25, 0.3) is 0 Å². The molecule has 0 aromatic carbocycles. The fourth-order valence-electron chi connectivity index (χ4n) is 4.67. The lowest BCUT2D eigenvalue weighted by molar-refractivity contribution is 0.734. The molecule has 0 heterocycles. The Balaban J connectivity index is 2.75. The van der Waals surface area contributed by atoms with Crippen molar-refractivity contribution in [3.63, 3.8) is 0 Å². The molecule has 0 radical (unpaired) electrons. The zero-order valence-electron chi connectivity index (χ0n) is 19.4. The molecule has 0 nitrogen and oxygen atoms in total. The fourth-order valence-corrected chi connectivity index (χ4v) is 6.19. The highest BCUT2D eigenvalue weighted by Gasteiger charge is 2.40. The second-order valence-corrected chi connectivity index (χ2v) is 10.7. The van der Waals surface area contributed by atoms with Crippen LogP contribution in [0.4, 0.5) is 0 Å². The quantitative estimate of drug-likeness (QED) is 0.162. The van der Waals surface area contributed by atoms with Gasteiger partial charge in [-0.25, -0.2) is 0 Å². The molecule has 2 atom stereocenters. The molecule has 0 bridgehead atoms. The standard InChI is InChI=1S/C26H40S4/c1-5-9-13-17-18(14-10-6-2)20(16-12-8-4)21(19(17)15-11-7-3)22-23(27)25(29)26(30)24(22)28/h25-26,29-30H,5-16H2,1-4H3. The lowest BCUT2D eigenvalue weighted by Gasteiger charge is -2.16. The molecule has 0 saturated heterocycles. The summed E-state index contributed by atoms with van der Waals surface area (Å²) in [6, 6.07) is 0. The Hall–Kier alpha value is 0.1000. The van der Waals surface area contributed by atoms with Crippen molar-refractivity contribution >= 4 is 59.4 Å². The van der Waals surface area contributed by atoms with Crippen LogP contribution in [0.15, 0.2) is 33.4 Å². The van der Waals surface area contributed by atoms with Crippen molar-refractivity contribution in [2.75, 3.05) is 0 Å². The monoisotopic (exact) mass is 480 g/mol. The van der Waals surface area contributed by atoms with Crippen molar-refractivity contribution in [3.8, 4) is 0 Å². The van der Waals surface area contributed by atoms with Gasteiger partial charge in [0.1, 0.15) is 0 Å². The van der Waals surface area contributed by atoms with Crippen LogP contribution in [0, 0.1) is 0 Å². The van der Waals surface area contributed by atoms with Gasteiger partial charge in [0, 0.05) is 15.3 Å². The van der Waals surface area contributed by atoms with Crippen LogP contribution < -0.4 is 0 Å². The van der Waals surface area contributed by atoms with Crippen LogP contribution in [-0.2, 0) is 0 Å². The molecule has 2 unspecified atom stereocenters. The van der Waals surface area contributed by atoms with Gasteiger partial charge in [0.05, 0.1) is 10.5 Å². The van der Waals surface area contributed by atoms with Crippen LogP contribution in [0.1, 0.15) is 105 Å². The van der Waals surface area contributed by atoms with E-state index in [0.29, 0.717) is 0 Å². The van der Waals surface area contributed by atoms with Gasteiger partial charge >= 0.3 is 0 Å². The summed E-state index contributed by atoms with van der Waals surface area (Å²) in [7, 11) is 0. The Morgan fingerprint density at radius 1 is 0.533 bits per heavy atom. The smallest absolute Gasteiger partial charge is 0.0541 e. The number of thiol groups is 2. The van der Waals surface area contributed by atoms with E-state index in [-0.39, 0.29) is 10.5 Å². The number of hydrogen-bond acceptors (Lipinski definition) is 4. The van der Waals surface area contributed by atoms with E-state index in [2.05, 4.69) is 27.7 Å². The Labute approximate surface area is 207 Å². The highest BCUT2D eigenvalue weighted by Crippen LogP contribution is 2.49. The molecule has 1 fully saturated rings. The van der Waals surface area contributed by atoms with Crippen molar-refractivity contribution in [2.24, 2.45) is 0 Å². The second-order valence-electron chi connectivity index (χ2n) is 8.70. The third-order valence-electron chi connectivity index (χ3n) is 6.40. The van der Waals surface area contributed by atoms with Crippen LogP contribution >= 0.6 is 49.7 Å². The molecule has 0 N–H and O–H groups in total. The molecule has 4 heteroatoms. The molecule has 0 aromatic heterocycles. The first-order chi connectivity index (χ1) is 14.4. The van der Waals surface area contributed by atoms with Crippen molar-refractivity contribution in [3.05, 3.63) is 33.4 Å². The average Bonchev–Trinajstić information content (AvgIpc) is 3.12. The maximum atomic E-state index is 5.92. The number of rotatable bonds is 12. The van der Waals surface area contributed by atoms with Crippen LogP contribution in [0.2, 0.25) is 0 Å². The van der Waals surface area contributed by atoms with Gasteiger partial charge in [0.15, 0.2) is 0 Å². The molecule has 168 valence electrons. The normalized spacial score (nSPS) is 22.3. The minimum atomic E-state index is -0.0445.